The maximum absolute atomic E-state index is 14.9. The molecule has 3 aliphatic heterocycles. The smallest absolute Gasteiger partial charge is 0.260 e. The number of carbonyl (C=O) groups is 2. The molecule has 0 saturated heterocycles. The van der Waals surface area contributed by atoms with Crippen molar-refractivity contribution in [3.05, 3.63) is 118 Å². The Balaban J connectivity index is 1.27. The van der Waals surface area contributed by atoms with E-state index in [0.29, 0.717) is 29.1 Å². The lowest BCUT2D eigenvalue weighted by Gasteiger charge is -2.37. The molecule has 11 heteroatoms. The van der Waals surface area contributed by atoms with Gasteiger partial charge in [-0.05, 0) is 91.4 Å². The quantitative estimate of drug-likeness (QED) is 0.248. The van der Waals surface area contributed by atoms with E-state index in [1.165, 1.54) is 29.2 Å². The second-order valence-electron chi connectivity index (χ2n) is 12.9. The van der Waals surface area contributed by atoms with Crippen LogP contribution in [0, 0.1) is 12.7 Å². The largest absolute Gasteiger partial charge is 0.508 e. The van der Waals surface area contributed by atoms with E-state index in [9.17, 15) is 27.9 Å². The maximum Gasteiger partial charge on any atom is 0.260 e. The zero-order valence-corrected chi connectivity index (χ0v) is 27.4. The van der Waals surface area contributed by atoms with Crippen LogP contribution in [0.15, 0.2) is 89.2 Å². The normalized spacial score (nSPS) is 18.6. The average Bonchev–Trinajstić information content (AvgIpc) is 3.62. The first-order valence-electron chi connectivity index (χ1n) is 16.2. The number of aromatic nitrogens is 1. The molecule has 0 saturated carbocycles. The monoisotopic (exact) mass is 667 g/mol. The van der Waals surface area contributed by atoms with Crippen LogP contribution in [0.2, 0.25) is 0 Å². The van der Waals surface area contributed by atoms with Crippen molar-refractivity contribution >= 4 is 23.7 Å². The third-order valence-electron chi connectivity index (χ3n) is 10.0. The van der Waals surface area contributed by atoms with Crippen LogP contribution in [0.5, 0.6) is 5.75 Å². The fraction of sp³-hybridized carbons (Fsp3) is 0.289. The molecular formula is C38H36F3N5O3. The number of fused-ring (bicyclic) bond motifs is 1. The topological polar surface area (TPSA) is 81.4 Å². The number of phenolic OH excluding ortho intramolecular Hbond substituents is 1. The third-order valence-corrected chi connectivity index (χ3v) is 10.0. The van der Waals surface area contributed by atoms with E-state index in [-0.39, 0.29) is 35.7 Å². The van der Waals surface area contributed by atoms with E-state index in [2.05, 4.69) is 4.90 Å². The highest BCUT2D eigenvalue weighted by Gasteiger charge is 2.38. The van der Waals surface area contributed by atoms with Gasteiger partial charge in [0.05, 0.1) is 17.6 Å². The van der Waals surface area contributed by atoms with Gasteiger partial charge in [-0.3, -0.25) is 14.5 Å². The van der Waals surface area contributed by atoms with Gasteiger partial charge in [0.2, 0.25) is 0 Å². The molecule has 0 spiro atoms. The number of aromatic hydroxyl groups is 1. The molecule has 7 rings (SSSR count). The summed E-state index contributed by atoms with van der Waals surface area (Å²) in [6.45, 7) is 2.61. The predicted octanol–water partition coefficient (Wildman–Crippen LogP) is 6.71. The zero-order valence-electron chi connectivity index (χ0n) is 27.4. The summed E-state index contributed by atoms with van der Waals surface area (Å²) in [7, 11) is 3.71. The second-order valence-corrected chi connectivity index (χ2v) is 12.9. The molecule has 4 heterocycles. The van der Waals surface area contributed by atoms with E-state index in [1.807, 2.05) is 19.2 Å². The van der Waals surface area contributed by atoms with Gasteiger partial charge in [-0.1, -0.05) is 24.3 Å². The number of anilines is 1. The fourth-order valence-electron chi connectivity index (χ4n) is 7.23. The summed E-state index contributed by atoms with van der Waals surface area (Å²) >= 11 is 0. The lowest BCUT2D eigenvalue weighted by molar-refractivity contribution is 0.0141. The molecular weight excluding hydrogens is 631 g/mol. The van der Waals surface area contributed by atoms with Crippen LogP contribution in [0.25, 0.3) is 11.3 Å². The molecule has 2 amide bonds. The van der Waals surface area contributed by atoms with Crippen LogP contribution in [-0.2, 0) is 20.0 Å². The number of benzene rings is 3. The summed E-state index contributed by atoms with van der Waals surface area (Å²) in [5, 5.41) is 10.00. The molecule has 0 fully saturated rings. The summed E-state index contributed by atoms with van der Waals surface area (Å²) in [6, 6.07) is 17.1. The summed E-state index contributed by atoms with van der Waals surface area (Å²) in [6.07, 6.45) is 0.417. The Hall–Kier alpha value is -5.32. The zero-order chi connectivity index (χ0) is 34.6. The van der Waals surface area contributed by atoms with Crippen molar-refractivity contribution in [1.82, 2.24) is 14.4 Å². The molecule has 252 valence electrons. The fourth-order valence-corrected chi connectivity index (χ4v) is 7.23. The Morgan fingerprint density at radius 3 is 2.43 bits per heavy atom. The number of carbonyl (C=O) groups excluding carboxylic acids is 2. The van der Waals surface area contributed by atoms with Crippen LogP contribution in [0.3, 0.4) is 0 Å². The highest BCUT2D eigenvalue weighted by Crippen LogP contribution is 2.36. The first kappa shape index (κ1) is 32.2. The van der Waals surface area contributed by atoms with Crippen LogP contribution in [0.4, 0.5) is 18.9 Å². The van der Waals surface area contributed by atoms with Crippen molar-refractivity contribution in [1.29, 1.82) is 0 Å². The molecule has 8 nitrogen and oxygen atoms in total. The van der Waals surface area contributed by atoms with Crippen LogP contribution in [-0.4, -0.2) is 69.6 Å². The van der Waals surface area contributed by atoms with E-state index in [0.717, 1.165) is 41.6 Å². The number of aliphatic imine (C=N–C) groups is 1. The first-order valence-corrected chi connectivity index (χ1v) is 16.2. The highest BCUT2D eigenvalue weighted by molar-refractivity contribution is 6.10. The number of halogens is 3. The predicted molar refractivity (Wildman–Crippen MR) is 181 cm³/mol. The Morgan fingerprint density at radius 1 is 0.959 bits per heavy atom. The Labute approximate surface area is 282 Å². The van der Waals surface area contributed by atoms with Crippen LogP contribution < -0.4 is 4.90 Å². The van der Waals surface area contributed by atoms with Gasteiger partial charge >= 0.3 is 0 Å². The molecule has 3 aromatic carbocycles. The van der Waals surface area contributed by atoms with Gasteiger partial charge in [0.25, 0.3) is 18.2 Å². The van der Waals surface area contributed by atoms with E-state index >= 15 is 0 Å². The number of rotatable bonds is 6. The minimum Gasteiger partial charge on any atom is -0.508 e. The molecule has 49 heavy (non-hydrogen) atoms. The molecule has 0 bridgehead atoms. The summed E-state index contributed by atoms with van der Waals surface area (Å²) in [5.74, 6) is -0.615. The number of hydrogen-bond acceptors (Lipinski definition) is 5. The van der Waals surface area contributed by atoms with Gasteiger partial charge in [-0.25, -0.2) is 18.2 Å². The van der Waals surface area contributed by atoms with Crippen molar-refractivity contribution in [2.24, 2.45) is 12.0 Å². The summed E-state index contributed by atoms with van der Waals surface area (Å²) in [4.78, 5) is 38.4. The molecule has 1 aromatic heterocycles. The van der Waals surface area contributed by atoms with Crippen molar-refractivity contribution in [2.45, 2.75) is 51.2 Å². The number of nitrogens with zero attached hydrogens (tertiary/aromatic N) is 5. The van der Waals surface area contributed by atoms with E-state index < -0.39 is 30.2 Å². The number of alkyl halides is 2. The lowest BCUT2D eigenvalue weighted by Crippen LogP contribution is -2.48. The van der Waals surface area contributed by atoms with Gasteiger partial charge in [0.1, 0.15) is 17.4 Å². The molecule has 1 N–H and O–H groups in total. The van der Waals surface area contributed by atoms with Crippen molar-refractivity contribution < 1.29 is 27.9 Å². The molecule has 2 atom stereocenters. The molecule has 1 unspecified atom stereocenters. The van der Waals surface area contributed by atoms with Crippen molar-refractivity contribution in [3.63, 3.8) is 0 Å². The third kappa shape index (κ3) is 5.77. The number of phenols is 1. The second kappa shape index (κ2) is 12.6. The van der Waals surface area contributed by atoms with Crippen molar-refractivity contribution in [3.8, 4) is 17.0 Å². The van der Waals surface area contributed by atoms with Crippen LogP contribution >= 0.6 is 0 Å². The first-order chi connectivity index (χ1) is 23.5. The highest BCUT2D eigenvalue weighted by atomic mass is 19.3. The Bertz CT molecular complexity index is 2020. The Kier molecular flexibility index (Phi) is 8.30. The summed E-state index contributed by atoms with van der Waals surface area (Å²) < 4.78 is 45.4. The van der Waals surface area contributed by atoms with Gasteiger partial charge in [0, 0.05) is 61.6 Å². The van der Waals surface area contributed by atoms with Gasteiger partial charge in [-0.15, -0.1) is 0 Å². The minimum absolute atomic E-state index is 0.00424. The van der Waals surface area contributed by atoms with Gasteiger partial charge in [0.15, 0.2) is 0 Å². The molecule has 0 aliphatic carbocycles. The van der Waals surface area contributed by atoms with Gasteiger partial charge < -0.3 is 19.5 Å². The SMILES string of the molecule is Cc1c(C(=O)N(c2ccc(O)cc2)C2C=NC3=C(CCN3C)C2)cc(-c2cc(F)ccc2C(=O)N2Cc3ccccc3C[C@H]2C(F)F)n1C. The minimum atomic E-state index is -2.78. The molecule has 4 aromatic rings. The van der Waals surface area contributed by atoms with Gasteiger partial charge in [-0.2, -0.15) is 0 Å². The summed E-state index contributed by atoms with van der Waals surface area (Å²) in [5.41, 5.74) is 4.80. The van der Waals surface area contributed by atoms with Crippen molar-refractivity contribution in [2.75, 3.05) is 18.5 Å². The standard InChI is InChI=1S/C38H36F3N5O3/c1-22-31(38(49)46(27-9-11-29(47)12-10-27)28-16-24-14-15-43(2)36(24)42-20-28)19-33(44(22)3)32-18-26(39)8-13-30(32)37(48)45-21-25-7-5-4-6-23(25)17-34(45)35(40)41/h4-13,18-20,28,34-35,47H,14-17,21H2,1-3H3/t28?,34-/m0/s1. The maximum atomic E-state index is 14.9. The van der Waals surface area contributed by atoms with Crippen LogP contribution in [0.1, 0.15) is 50.4 Å². The molecule has 3 aliphatic rings. The molecule has 0 radical (unpaired) electrons. The number of amides is 2. The lowest BCUT2D eigenvalue weighted by atomic mass is 9.92. The van der Waals surface area contributed by atoms with E-state index in [1.54, 1.807) is 60.0 Å². The Morgan fingerprint density at radius 2 is 1.69 bits per heavy atom. The van der Waals surface area contributed by atoms with E-state index in [4.69, 9.17) is 4.99 Å². The average molecular weight is 668 g/mol. The number of hydrogen-bond donors (Lipinski definition) is 1.